The fraction of sp³-hybridized carbons (Fsp3) is 0.533. The van der Waals surface area contributed by atoms with Gasteiger partial charge in [0.1, 0.15) is 6.04 Å². The van der Waals surface area contributed by atoms with Crippen LogP contribution in [0.4, 0.5) is 0 Å². The van der Waals surface area contributed by atoms with Gasteiger partial charge in [-0.1, -0.05) is 18.2 Å². The van der Waals surface area contributed by atoms with Crippen LogP contribution in [0.25, 0.3) is 0 Å². The Hall–Kier alpha value is -1.09. The Bertz CT molecular complexity index is 640. The van der Waals surface area contributed by atoms with Gasteiger partial charge in [0.2, 0.25) is 0 Å². The van der Waals surface area contributed by atoms with Crippen molar-refractivity contribution in [1.82, 2.24) is 5.32 Å². The summed E-state index contributed by atoms with van der Waals surface area (Å²) in [6, 6.07) is -0.676. The van der Waals surface area contributed by atoms with E-state index in [1.807, 2.05) is 0 Å². The lowest BCUT2D eigenvalue weighted by atomic mass is 9.97. The molecule has 0 amide bonds. The van der Waals surface area contributed by atoms with Gasteiger partial charge in [-0.15, -0.1) is 6.58 Å². The van der Waals surface area contributed by atoms with Crippen LogP contribution < -0.4 is 5.32 Å². The van der Waals surface area contributed by atoms with E-state index >= 15 is 0 Å². The standard InChI is InChI=1S/C15H21NO5S2/c1-3-10-23(19,20)15(21-2)6-4-11(5-7-15)13-12(14(17)18)16-8-9-22-13/h3-6,12-13,16H,1,7-10H2,2H3,(H,17,18). The Balaban J connectivity index is 2.24. The summed E-state index contributed by atoms with van der Waals surface area (Å²) < 4.78 is 30.1. The predicted octanol–water partition coefficient (Wildman–Crippen LogP) is 0.974. The molecule has 0 saturated carbocycles. The molecule has 2 aliphatic rings. The van der Waals surface area contributed by atoms with Gasteiger partial charge >= 0.3 is 5.97 Å². The lowest BCUT2D eigenvalue weighted by Gasteiger charge is -2.34. The number of aliphatic carboxylic acids is 1. The molecular formula is C15H21NO5S2. The summed E-state index contributed by atoms with van der Waals surface area (Å²) in [5, 5.41) is 12.1. The minimum Gasteiger partial charge on any atom is -0.480 e. The fourth-order valence-corrected chi connectivity index (χ4v) is 5.47. The number of hydrogen-bond acceptors (Lipinski definition) is 6. The van der Waals surface area contributed by atoms with E-state index in [4.69, 9.17) is 4.74 Å². The van der Waals surface area contributed by atoms with Gasteiger partial charge < -0.3 is 15.2 Å². The number of sulfone groups is 1. The lowest BCUT2D eigenvalue weighted by Crippen LogP contribution is -2.50. The smallest absolute Gasteiger partial charge is 0.322 e. The van der Waals surface area contributed by atoms with E-state index in [0.717, 1.165) is 11.3 Å². The molecule has 23 heavy (non-hydrogen) atoms. The Morgan fingerprint density at radius 2 is 2.39 bits per heavy atom. The van der Waals surface area contributed by atoms with E-state index in [2.05, 4.69) is 11.9 Å². The highest BCUT2D eigenvalue weighted by Crippen LogP contribution is 2.35. The third-order valence-corrected chi connectivity index (χ3v) is 7.56. The zero-order chi connectivity index (χ0) is 17.1. The molecule has 1 aliphatic heterocycles. The van der Waals surface area contributed by atoms with Crippen molar-refractivity contribution in [2.24, 2.45) is 0 Å². The van der Waals surface area contributed by atoms with Crippen molar-refractivity contribution in [2.75, 3.05) is 25.2 Å². The quantitative estimate of drug-likeness (QED) is 0.683. The van der Waals surface area contributed by atoms with Crippen LogP contribution >= 0.6 is 11.8 Å². The minimum absolute atomic E-state index is 0.162. The highest BCUT2D eigenvalue weighted by molar-refractivity contribution is 8.00. The number of allylic oxidation sites excluding steroid dienone is 1. The van der Waals surface area contributed by atoms with Crippen LogP contribution in [-0.2, 0) is 19.4 Å². The number of carbonyl (C=O) groups is 1. The summed E-state index contributed by atoms with van der Waals surface area (Å²) in [5.41, 5.74) is 0.816. The molecule has 0 aromatic rings. The third-order valence-electron chi connectivity index (χ3n) is 4.02. The molecule has 1 saturated heterocycles. The van der Waals surface area contributed by atoms with E-state index in [0.29, 0.717) is 6.54 Å². The van der Waals surface area contributed by atoms with Crippen molar-refractivity contribution >= 4 is 27.6 Å². The van der Waals surface area contributed by atoms with Crippen LogP contribution in [0.2, 0.25) is 0 Å². The van der Waals surface area contributed by atoms with E-state index in [1.165, 1.54) is 19.3 Å². The number of carboxylic acid groups (broad SMARTS) is 1. The molecule has 3 unspecified atom stereocenters. The first-order chi connectivity index (χ1) is 10.9. The number of thioether (sulfide) groups is 1. The van der Waals surface area contributed by atoms with Gasteiger partial charge in [-0.2, -0.15) is 11.8 Å². The lowest BCUT2D eigenvalue weighted by molar-refractivity contribution is -0.139. The van der Waals surface area contributed by atoms with Gasteiger partial charge in [-0.3, -0.25) is 4.79 Å². The maximum Gasteiger partial charge on any atom is 0.322 e. The van der Waals surface area contributed by atoms with Crippen LogP contribution in [0.1, 0.15) is 6.42 Å². The average Bonchev–Trinajstić information content (AvgIpc) is 2.54. The van der Waals surface area contributed by atoms with E-state index in [-0.39, 0.29) is 17.4 Å². The van der Waals surface area contributed by atoms with Crippen molar-refractivity contribution in [2.45, 2.75) is 22.6 Å². The Kier molecular flexibility index (Phi) is 5.72. The summed E-state index contributed by atoms with van der Waals surface area (Å²) >= 11 is 1.56. The monoisotopic (exact) mass is 359 g/mol. The van der Waals surface area contributed by atoms with Gasteiger partial charge in [0.25, 0.3) is 0 Å². The molecule has 6 nitrogen and oxygen atoms in total. The number of nitrogens with one attached hydrogen (secondary N) is 1. The molecule has 0 aromatic heterocycles. The van der Waals surface area contributed by atoms with Gasteiger partial charge in [-0.05, 0) is 11.6 Å². The van der Waals surface area contributed by atoms with Crippen LogP contribution in [0.3, 0.4) is 0 Å². The molecule has 2 rings (SSSR count). The second-order valence-corrected chi connectivity index (χ2v) is 8.89. The molecule has 8 heteroatoms. The summed E-state index contributed by atoms with van der Waals surface area (Å²) in [6.45, 7) is 4.12. The number of ether oxygens (including phenoxy) is 1. The minimum atomic E-state index is -3.54. The largest absolute Gasteiger partial charge is 0.480 e. The summed E-state index contributed by atoms with van der Waals surface area (Å²) in [5.74, 6) is -0.269. The van der Waals surface area contributed by atoms with E-state index in [1.54, 1.807) is 23.9 Å². The zero-order valence-corrected chi connectivity index (χ0v) is 14.5. The average molecular weight is 359 g/mol. The van der Waals surface area contributed by atoms with Crippen LogP contribution in [0.5, 0.6) is 0 Å². The molecule has 128 valence electrons. The third kappa shape index (κ3) is 3.55. The number of hydrogen-bond donors (Lipinski definition) is 2. The second-order valence-electron chi connectivity index (χ2n) is 5.39. The number of methoxy groups -OCH3 is 1. The van der Waals surface area contributed by atoms with Crippen molar-refractivity contribution in [3.63, 3.8) is 0 Å². The maximum absolute atomic E-state index is 12.4. The SMILES string of the molecule is C=CCS(=O)(=O)C1(OC)C=CC(C2SCCNC2C(=O)O)=CC1. The Labute approximate surface area is 140 Å². The van der Waals surface area contributed by atoms with Gasteiger partial charge in [0.15, 0.2) is 14.8 Å². The zero-order valence-electron chi connectivity index (χ0n) is 12.9. The van der Waals surface area contributed by atoms with Crippen LogP contribution in [0.15, 0.2) is 36.5 Å². The topological polar surface area (TPSA) is 92.7 Å². The van der Waals surface area contributed by atoms with E-state index in [9.17, 15) is 18.3 Å². The second kappa shape index (κ2) is 7.21. The summed E-state index contributed by atoms with van der Waals surface area (Å²) in [4.78, 5) is 9.97. The molecular weight excluding hydrogens is 338 g/mol. The van der Waals surface area contributed by atoms with Crippen LogP contribution in [0, 0.1) is 0 Å². The van der Waals surface area contributed by atoms with Crippen LogP contribution in [-0.4, -0.2) is 60.9 Å². The fourth-order valence-electron chi connectivity index (χ4n) is 2.74. The molecule has 1 fully saturated rings. The van der Waals surface area contributed by atoms with Crippen molar-refractivity contribution in [3.05, 3.63) is 36.5 Å². The van der Waals surface area contributed by atoms with E-state index < -0.39 is 26.8 Å². The number of carboxylic acids is 1. The van der Waals surface area contributed by atoms with Crippen molar-refractivity contribution in [1.29, 1.82) is 0 Å². The highest BCUT2D eigenvalue weighted by atomic mass is 32.2. The van der Waals surface area contributed by atoms with Crippen molar-refractivity contribution in [3.8, 4) is 0 Å². The predicted molar refractivity (Wildman–Crippen MR) is 91.2 cm³/mol. The molecule has 0 radical (unpaired) electrons. The maximum atomic E-state index is 12.4. The first kappa shape index (κ1) is 18.3. The molecule has 0 spiro atoms. The summed E-state index contributed by atoms with van der Waals surface area (Å²) in [7, 11) is -2.18. The summed E-state index contributed by atoms with van der Waals surface area (Å²) in [6.07, 6.45) is 6.47. The molecule has 1 heterocycles. The van der Waals surface area contributed by atoms with Gasteiger partial charge in [0.05, 0.1) is 11.0 Å². The first-order valence-corrected chi connectivity index (χ1v) is 9.92. The normalized spacial score (nSPS) is 31.4. The van der Waals surface area contributed by atoms with Gasteiger partial charge in [-0.25, -0.2) is 8.42 Å². The molecule has 0 bridgehead atoms. The molecule has 3 atom stereocenters. The molecule has 0 aromatic carbocycles. The highest BCUT2D eigenvalue weighted by Gasteiger charge is 2.43. The first-order valence-electron chi connectivity index (χ1n) is 7.22. The Morgan fingerprint density at radius 3 is 2.91 bits per heavy atom. The number of rotatable bonds is 6. The molecule has 2 N–H and O–H groups in total. The molecule has 1 aliphatic carbocycles. The van der Waals surface area contributed by atoms with Gasteiger partial charge in [0, 0.05) is 25.8 Å². The Morgan fingerprint density at radius 1 is 1.65 bits per heavy atom. The van der Waals surface area contributed by atoms with Crippen molar-refractivity contribution < 1.29 is 23.1 Å².